The molecule has 0 saturated heterocycles. The highest BCUT2D eigenvalue weighted by atomic mass is 19.1. The van der Waals surface area contributed by atoms with E-state index in [-0.39, 0.29) is 11.5 Å². The second-order valence-electron chi connectivity index (χ2n) is 4.73. The molecule has 0 amide bonds. The lowest BCUT2D eigenvalue weighted by Gasteiger charge is -2.24. The number of hydrogen-bond donors (Lipinski definition) is 2. The standard InChI is InChI=1S/C13H17F2NO/c14-9-5-6-10(11(15)7-9)12(16)13(17)8-3-1-2-4-8/h5-8,12-13,17H,1-4,16H2/t12-,13+/m0/s1. The van der Waals surface area contributed by atoms with Crippen LogP contribution in [-0.4, -0.2) is 11.2 Å². The minimum absolute atomic E-state index is 0.134. The molecule has 0 heterocycles. The van der Waals surface area contributed by atoms with E-state index in [2.05, 4.69) is 0 Å². The Labute approximate surface area is 99.4 Å². The summed E-state index contributed by atoms with van der Waals surface area (Å²) in [5, 5.41) is 10.1. The van der Waals surface area contributed by atoms with Crippen LogP contribution in [0.2, 0.25) is 0 Å². The largest absolute Gasteiger partial charge is 0.391 e. The summed E-state index contributed by atoms with van der Waals surface area (Å²) in [6.45, 7) is 0. The van der Waals surface area contributed by atoms with Gasteiger partial charge in [0.1, 0.15) is 11.6 Å². The average Bonchev–Trinajstić information content (AvgIpc) is 2.80. The molecule has 3 N–H and O–H groups in total. The molecule has 1 aromatic carbocycles. The zero-order valence-electron chi connectivity index (χ0n) is 9.57. The SMILES string of the molecule is N[C@@H](c1ccc(F)cc1F)[C@H](O)C1CCCC1. The van der Waals surface area contributed by atoms with Crippen molar-refractivity contribution in [2.75, 3.05) is 0 Å². The topological polar surface area (TPSA) is 46.2 Å². The number of hydrogen-bond acceptors (Lipinski definition) is 2. The molecule has 0 bridgehead atoms. The Bertz CT molecular complexity index is 391. The molecule has 2 rings (SSSR count). The summed E-state index contributed by atoms with van der Waals surface area (Å²) in [5.41, 5.74) is 6.04. The lowest BCUT2D eigenvalue weighted by molar-refractivity contribution is 0.0832. The first-order valence-corrected chi connectivity index (χ1v) is 5.98. The minimum atomic E-state index is -0.779. The van der Waals surface area contributed by atoms with E-state index in [9.17, 15) is 13.9 Å². The molecule has 0 spiro atoms. The second kappa shape index (κ2) is 5.10. The molecule has 1 aromatic rings. The Morgan fingerprint density at radius 3 is 2.47 bits per heavy atom. The van der Waals surface area contributed by atoms with Crippen LogP contribution in [0.4, 0.5) is 8.78 Å². The Morgan fingerprint density at radius 1 is 1.24 bits per heavy atom. The lowest BCUT2D eigenvalue weighted by Crippen LogP contribution is -2.32. The molecular formula is C13H17F2NO. The van der Waals surface area contributed by atoms with Crippen LogP contribution in [-0.2, 0) is 0 Å². The van der Waals surface area contributed by atoms with E-state index in [1.165, 1.54) is 12.1 Å². The highest BCUT2D eigenvalue weighted by Crippen LogP contribution is 2.33. The number of benzene rings is 1. The maximum atomic E-state index is 13.5. The molecule has 1 aliphatic carbocycles. The monoisotopic (exact) mass is 241 g/mol. The number of aliphatic hydroxyl groups excluding tert-OH is 1. The van der Waals surface area contributed by atoms with E-state index in [1.54, 1.807) is 0 Å². The van der Waals surface area contributed by atoms with Gasteiger partial charge >= 0.3 is 0 Å². The van der Waals surface area contributed by atoms with E-state index < -0.39 is 23.8 Å². The number of rotatable bonds is 3. The first kappa shape index (κ1) is 12.5. The molecule has 1 saturated carbocycles. The van der Waals surface area contributed by atoms with Crippen molar-refractivity contribution in [3.63, 3.8) is 0 Å². The van der Waals surface area contributed by atoms with Crippen molar-refractivity contribution in [1.29, 1.82) is 0 Å². The van der Waals surface area contributed by atoms with Gasteiger partial charge in [0.25, 0.3) is 0 Å². The van der Waals surface area contributed by atoms with Crippen LogP contribution < -0.4 is 5.73 Å². The normalized spacial score (nSPS) is 20.5. The van der Waals surface area contributed by atoms with E-state index in [0.29, 0.717) is 0 Å². The molecular weight excluding hydrogens is 224 g/mol. The number of nitrogens with two attached hydrogens (primary N) is 1. The zero-order valence-corrected chi connectivity index (χ0v) is 9.57. The first-order valence-electron chi connectivity index (χ1n) is 5.98. The minimum Gasteiger partial charge on any atom is -0.391 e. The smallest absolute Gasteiger partial charge is 0.130 e. The van der Waals surface area contributed by atoms with Gasteiger partial charge in [-0.3, -0.25) is 0 Å². The molecule has 0 radical (unpaired) electrons. The highest BCUT2D eigenvalue weighted by Gasteiger charge is 2.30. The Hall–Kier alpha value is -1.00. The number of aliphatic hydroxyl groups is 1. The molecule has 94 valence electrons. The molecule has 2 atom stereocenters. The lowest BCUT2D eigenvalue weighted by atomic mass is 9.90. The Balaban J connectivity index is 2.15. The third-order valence-electron chi connectivity index (χ3n) is 3.57. The molecule has 2 nitrogen and oxygen atoms in total. The fourth-order valence-electron chi connectivity index (χ4n) is 2.55. The van der Waals surface area contributed by atoms with Gasteiger partial charge in [0.2, 0.25) is 0 Å². The predicted octanol–water partition coefficient (Wildman–Crippen LogP) is 2.52. The highest BCUT2D eigenvalue weighted by molar-refractivity contribution is 5.23. The summed E-state index contributed by atoms with van der Waals surface area (Å²) in [6.07, 6.45) is 3.27. The molecule has 4 heteroatoms. The summed E-state index contributed by atoms with van der Waals surface area (Å²) in [5.74, 6) is -1.18. The van der Waals surface area contributed by atoms with Crippen LogP contribution in [0.25, 0.3) is 0 Å². The Kier molecular flexibility index (Phi) is 3.74. The van der Waals surface area contributed by atoms with Crippen LogP contribution in [0.1, 0.15) is 37.3 Å². The molecule has 1 aliphatic rings. The van der Waals surface area contributed by atoms with Crippen molar-refractivity contribution in [2.45, 2.75) is 37.8 Å². The van der Waals surface area contributed by atoms with Gasteiger partial charge in [-0.15, -0.1) is 0 Å². The van der Waals surface area contributed by atoms with Gasteiger partial charge in [0.05, 0.1) is 12.1 Å². The maximum Gasteiger partial charge on any atom is 0.130 e. The predicted molar refractivity (Wildman–Crippen MR) is 61.3 cm³/mol. The van der Waals surface area contributed by atoms with Crippen LogP contribution in [0.3, 0.4) is 0 Å². The third-order valence-corrected chi connectivity index (χ3v) is 3.57. The van der Waals surface area contributed by atoms with E-state index in [0.717, 1.165) is 31.7 Å². The summed E-state index contributed by atoms with van der Waals surface area (Å²) >= 11 is 0. The van der Waals surface area contributed by atoms with Crippen molar-refractivity contribution >= 4 is 0 Å². The molecule has 0 unspecified atom stereocenters. The molecule has 0 aliphatic heterocycles. The Morgan fingerprint density at radius 2 is 1.88 bits per heavy atom. The first-order chi connectivity index (χ1) is 8.09. The van der Waals surface area contributed by atoms with E-state index in [4.69, 9.17) is 5.73 Å². The summed E-state index contributed by atoms with van der Waals surface area (Å²) in [6, 6.07) is 2.50. The van der Waals surface area contributed by atoms with Crippen LogP contribution in [0.15, 0.2) is 18.2 Å². The van der Waals surface area contributed by atoms with Crippen LogP contribution in [0.5, 0.6) is 0 Å². The van der Waals surface area contributed by atoms with Crippen molar-refractivity contribution in [3.05, 3.63) is 35.4 Å². The van der Waals surface area contributed by atoms with Gasteiger partial charge < -0.3 is 10.8 Å². The van der Waals surface area contributed by atoms with Gasteiger partial charge in [-0.1, -0.05) is 18.9 Å². The summed E-state index contributed by atoms with van der Waals surface area (Å²) < 4.78 is 26.3. The van der Waals surface area contributed by atoms with Crippen molar-refractivity contribution in [3.8, 4) is 0 Å². The fourth-order valence-corrected chi connectivity index (χ4v) is 2.55. The van der Waals surface area contributed by atoms with Gasteiger partial charge in [-0.25, -0.2) is 8.78 Å². The van der Waals surface area contributed by atoms with Crippen LogP contribution in [0, 0.1) is 17.6 Å². The third kappa shape index (κ3) is 2.64. The maximum absolute atomic E-state index is 13.5. The van der Waals surface area contributed by atoms with Gasteiger partial charge in [-0.05, 0) is 24.8 Å². The number of halogens is 2. The van der Waals surface area contributed by atoms with Crippen molar-refractivity contribution in [1.82, 2.24) is 0 Å². The summed E-state index contributed by atoms with van der Waals surface area (Å²) in [7, 11) is 0. The molecule has 17 heavy (non-hydrogen) atoms. The van der Waals surface area contributed by atoms with Crippen molar-refractivity contribution < 1.29 is 13.9 Å². The molecule has 1 fully saturated rings. The van der Waals surface area contributed by atoms with E-state index >= 15 is 0 Å². The van der Waals surface area contributed by atoms with E-state index in [1.807, 2.05) is 0 Å². The van der Waals surface area contributed by atoms with Gasteiger partial charge in [0, 0.05) is 11.6 Å². The average molecular weight is 241 g/mol. The fraction of sp³-hybridized carbons (Fsp3) is 0.538. The van der Waals surface area contributed by atoms with Gasteiger partial charge in [-0.2, -0.15) is 0 Å². The van der Waals surface area contributed by atoms with Crippen molar-refractivity contribution in [2.24, 2.45) is 11.7 Å². The van der Waals surface area contributed by atoms with Crippen LogP contribution >= 0.6 is 0 Å². The molecule has 0 aromatic heterocycles. The second-order valence-corrected chi connectivity index (χ2v) is 4.73. The van der Waals surface area contributed by atoms with Gasteiger partial charge in [0.15, 0.2) is 0 Å². The summed E-state index contributed by atoms with van der Waals surface area (Å²) in [4.78, 5) is 0. The quantitative estimate of drug-likeness (QED) is 0.854. The zero-order chi connectivity index (χ0) is 12.4.